The number of nitrogens with one attached hydrogen (secondary N) is 1. The third kappa shape index (κ3) is 6.63. The number of nitrogens with two attached hydrogens (primary N) is 1. The fraction of sp³-hybridized carbons (Fsp3) is 0.308. The summed E-state index contributed by atoms with van der Waals surface area (Å²) in [6, 6.07) is 14.3. The highest BCUT2D eigenvalue weighted by Crippen LogP contribution is 2.21. The van der Waals surface area contributed by atoms with E-state index in [1.54, 1.807) is 42.3 Å². The lowest BCUT2D eigenvalue weighted by atomic mass is 10.1. The van der Waals surface area contributed by atoms with Crippen molar-refractivity contribution in [1.82, 2.24) is 14.9 Å². The fourth-order valence-electron chi connectivity index (χ4n) is 3.57. The Balaban J connectivity index is 1.57. The normalized spacial score (nSPS) is 16.3. The van der Waals surface area contributed by atoms with Gasteiger partial charge in [-0.3, -0.25) is 9.59 Å². The van der Waals surface area contributed by atoms with Crippen molar-refractivity contribution in [3.05, 3.63) is 71.5 Å². The molecule has 3 N–H and O–H groups in total. The zero-order valence-corrected chi connectivity index (χ0v) is 20.1. The Morgan fingerprint density at radius 2 is 1.61 bits per heavy atom. The summed E-state index contributed by atoms with van der Waals surface area (Å²) < 4.78 is 16.8. The average molecular weight is 492 g/mol. The van der Waals surface area contributed by atoms with E-state index >= 15 is 0 Å². The highest BCUT2D eigenvalue weighted by Gasteiger charge is 2.16. The molecule has 0 unspecified atom stereocenters. The zero-order valence-electron chi connectivity index (χ0n) is 20.1. The first-order valence-corrected chi connectivity index (χ1v) is 11.6. The van der Waals surface area contributed by atoms with Crippen molar-refractivity contribution in [3.63, 3.8) is 0 Å². The predicted molar refractivity (Wildman–Crippen MR) is 135 cm³/mol. The second-order valence-electron chi connectivity index (χ2n) is 8.22. The van der Waals surface area contributed by atoms with Crippen LogP contribution >= 0.6 is 0 Å². The van der Waals surface area contributed by atoms with Gasteiger partial charge >= 0.3 is 0 Å². The van der Waals surface area contributed by atoms with E-state index in [9.17, 15) is 9.59 Å². The number of likely N-dealkylation sites (N-methyl/N-ethyl adjacent to an activating group) is 1. The Labute approximate surface area is 209 Å². The van der Waals surface area contributed by atoms with Gasteiger partial charge in [0.05, 0.1) is 51.5 Å². The first kappa shape index (κ1) is 25.2. The third-order valence-electron chi connectivity index (χ3n) is 5.56. The molecule has 10 heteroatoms. The topological polar surface area (TPSA) is 129 Å². The van der Waals surface area contributed by atoms with E-state index in [2.05, 4.69) is 15.3 Å². The highest BCUT2D eigenvalue weighted by atomic mass is 16.5. The number of anilines is 2. The van der Waals surface area contributed by atoms with Crippen molar-refractivity contribution in [2.24, 2.45) is 0 Å². The number of carbonyl (C=O) groups excluding carboxylic acids is 2. The molecule has 0 atom stereocenters. The molecule has 5 rings (SSSR count). The molecule has 6 bridgehead atoms. The molecule has 0 fully saturated rings. The van der Waals surface area contributed by atoms with E-state index in [0.29, 0.717) is 68.7 Å². The van der Waals surface area contributed by atoms with Gasteiger partial charge in [0, 0.05) is 30.4 Å². The minimum atomic E-state index is -0.474. The Bertz CT molecular complexity index is 1200. The molecule has 3 heterocycles. The van der Waals surface area contributed by atoms with Gasteiger partial charge in [-0.1, -0.05) is 24.3 Å². The number of fused-ring (bicyclic) bond motifs is 14. The summed E-state index contributed by atoms with van der Waals surface area (Å²) in [6.45, 7) is 2.96. The van der Waals surface area contributed by atoms with Crippen LogP contribution in [0.1, 0.15) is 26.4 Å². The number of hydrogen-bond donors (Lipinski definition) is 2. The van der Waals surface area contributed by atoms with Crippen molar-refractivity contribution in [2.75, 3.05) is 57.7 Å². The molecule has 188 valence electrons. The molecule has 0 spiro atoms. The van der Waals surface area contributed by atoms with E-state index < -0.39 is 5.91 Å². The Hall–Kier alpha value is -3.86. The van der Waals surface area contributed by atoms with E-state index in [1.807, 2.05) is 18.2 Å². The van der Waals surface area contributed by atoms with Gasteiger partial charge < -0.3 is 30.2 Å². The van der Waals surface area contributed by atoms with Crippen LogP contribution in [0.25, 0.3) is 11.3 Å². The molecule has 2 aliphatic heterocycles. The van der Waals surface area contributed by atoms with E-state index in [0.717, 1.165) is 5.56 Å². The van der Waals surface area contributed by atoms with Gasteiger partial charge in [-0.2, -0.15) is 0 Å². The summed E-state index contributed by atoms with van der Waals surface area (Å²) in [4.78, 5) is 35.9. The molecule has 0 aliphatic carbocycles. The van der Waals surface area contributed by atoms with Gasteiger partial charge in [0.15, 0.2) is 11.5 Å². The smallest absolute Gasteiger partial charge is 0.278 e. The summed E-state index contributed by atoms with van der Waals surface area (Å²) >= 11 is 0. The molecule has 0 saturated carbocycles. The lowest BCUT2D eigenvalue weighted by Gasteiger charge is -2.17. The maximum atomic E-state index is 12.9. The number of hydrogen-bond acceptors (Lipinski definition) is 8. The van der Waals surface area contributed by atoms with Gasteiger partial charge in [-0.25, -0.2) is 9.97 Å². The van der Waals surface area contributed by atoms with Crippen molar-refractivity contribution in [1.29, 1.82) is 0 Å². The maximum Gasteiger partial charge on any atom is 0.278 e. The Morgan fingerprint density at radius 3 is 2.39 bits per heavy atom. The van der Waals surface area contributed by atoms with Crippen LogP contribution in [0.5, 0.6) is 0 Å². The fourth-order valence-corrected chi connectivity index (χ4v) is 3.57. The molecule has 2 aromatic carbocycles. The van der Waals surface area contributed by atoms with Crippen LogP contribution in [-0.4, -0.2) is 73.3 Å². The minimum Gasteiger partial charge on any atom is -0.382 e. The highest BCUT2D eigenvalue weighted by molar-refractivity contribution is 6.06. The largest absolute Gasteiger partial charge is 0.382 e. The molecule has 0 radical (unpaired) electrons. The van der Waals surface area contributed by atoms with Gasteiger partial charge in [-0.05, 0) is 29.8 Å². The molecule has 36 heavy (non-hydrogen) atoms. The second kappa shape index (κ2) is 12.2. The second-order valence-corrected chi connectivity index (χ2v) is 8.22. The van der Waals surface area contributed by atoms with Crippen LogP contribution in [0.15, 0.2) is 54.7 Å². The van der Waals surface area contributed by atoms with Gasteiger partial charge in [-0.15, -0.1) is 0 Å². The van der Waals surface area contributed by atoms with Crippen LogP contribution in [0, 0.1) is 0 Å². The summed E-state index contributed by atoms with van der Waals surface area (Å²) in [6.07, 6.45) is 1.50. The van der Waals surface area contributed by atoms with Gasteiger partial charge in [0.25, 0.3) is 11.8 Å². The quantitative estimate of drug-likeness (QED) is 0.459. The monoisotopic (exact) mass is 491 g/mol. The van der Waals surface area contributed by atoms with Crippen molar-refractivity contribution < 1.29 is 23.8 Å². The number of nitrogen functional groups attached to an aromatic ring is 1. The summed E-state index contributed by atoms with van der Waals surface area (Å²) in [5.41, 5.74) is 9.16. The van der Waals surface area contributed by atoms with Gasteiger partial charge in [0.2, 0.25) is 0 Å². The minimum absolute atomic E-state index is 0.0145. The summed E-state index contributed by atoms with van der Waals surface area (Å²) in [5.74, 6) is -0.579. The van der Waals surface area contributed by atoms with E-state index in [-0.39, 0.29) is 17.4 Å². The molecule has 2 aliphatic rings. The van der Waals surface area contributed by atoms with Crippen molar-refractivity contribution >= 4 is 23.3 Å². The lowest BCUT2D eigenvalue weighted by Crippen LogP contribution is -2.30. The molecule has 10 nitrogen and oxygen atoms in total. The number of ether oxygens (including phenoxy) is 3. The van der Waals surface area contributed by atoms with Crippen molar-refractivity contribution in [2.45, 2.75) is 6.61 Å². The number of aromatic nitrogens is 2. The molecular weight excluding hydrogens is 462 g/mol. The number of benzene rings is 2. The summed E-state index contributed by atoms with van der Waals surface area (Å²) in [7, 11) is 1.73. The standard InChI is InChI=1S/C26H29N5O5/c1-31-9-10-34-11-12-35-13-14-36-17-18-3-2-4-21(15-18)29-25(32)23-24(27)28-16-22(30-23)19-5-7-20(8-6-19)26(31)33/h2-8,15-16H,9-14,17H2,1H3,(H2,27,28)(H,29,32). The Morgan fingerprint density at radius 1 is 0.917 bits per heavy atom. The molecule has 1 aromatic heterocycles. The van der Waals surface area contributed by atoms with Crippen LogP contribution in [0.4, 0.5) is 11.5 Å². The molecule has 0 saturated heterocycles. The van der Waals surface area contributed by atoms with Crippen LogP contribution in [0.2, 0.25) is 0 Å². The van der Waals surface area contributed by atoms with Crippen LogP contribution in [-0.2, 0) is 20.8 Å². The lowest BCUT2D eigenvalue weighted by molar-refractivity contribution is 0.00811. The average Bonchev–Trinajstić information content (AvgIpc) is 2.89. The van der Waals surface area contributed by atoms with Crippen LogP contribution < -0.4 is 11.1 Å². The maximum absolute atomic E-state index is 12.9. The van der Waals surface area contributed by atoms with E-state index in [4.69, 9.17) is 19.9 Å². The first-order chi connectivity index (χ1) is 17.5. The zero-order chi connectivity index (χ0) is 25.3. The number of rotatable bonds is 0. The number of carbonyl (C=O) groups is 2. The first-order valence-electron chi connectivity index (χ1n) is 11.6. The number of amides is 2. The molecular formula is C26H29N5O5. The van der Waals surface area contributed by atoms with Crippen molar-refractivity contribution in [3.8, 4) is 11.3 Å². The SMILES string of the molecule is CN1CCOCCOCCOCc2cccc(c2)NC(=O)c2nc(cnc2N)-c2ccc(cc2)C1=O. The molecule has 3 aromatic rings. The molecule has 2 amide bonds. The summed E-state index contributed by atoms with van der Waals surface area (Å²) in [5, 5.41) is 2.82. The Kier molecular flexibility index (Phi) is 8.56. The van der Waals surface area contributed by atoms with Crippen LogP contribution in [0.3, 0.4) is 0 Å². The predicted octanol–water partition coefficient (Wildman–Crippen LogP) is 2.61. The third-order valence-corrected chi connectivity index (χ3v) is 5.56. The van der Waals surface area contributed by atoms with E-state index in [1.165, 1.54) is 6.20 Å². The number of nitrogens with zero attached hydrogens (tertiary/aromatic N) is 3. The van der Waals surface area contributed by atoms with Gasteiger partial charge in [0.1, 0.15) is 0 Å².